The number of nitrogens with zero attached hydrogens (tertiary/aromatic N) is 3. The van der Waals surface area contributed by atoms with Crippen molar-refractivity contribution in [3.8, 4) is 6.07 Å². The van der Waals surface area contributed by atoms with Crippen molar-refractivity contribution in [1.82, 2.24) is 5.32 Å². The van der Waals surface area contributed by atoms with Crippen LogP contribution >= 0.6 is 0 Å². The number of hydrogen-bond acceptors (Lipinski definition) is 5. The van der Waals surface area contributed by atoms with Crippen molar-refractivity contribution in [2.24, 2.45) is 5.92 Å². The van der Waals surface area contributed by atoms with E-state index in [1.807, 2.05) is 6.07 Å². The highest BCUT2D eigenvalue weighted by Crippen LogP contribution is 2.32. The zero-order valence-electron chi connectivity index (χ0n) is 12.2. The molecule has 1 saturated heterocycles. The largest absolute Gasteiger partial charge is 0.366 e. The van der Waals surface area contributed by atoms with Gasteiger partial charge in [0.05, 0.1) is 16.6 Å². The van der Waals surface area contributed by atoms with E-state index >= 15 is 0 Å². The average Bonchev–Trinajstić information content (AvgIpc) is 2.52. The van der Waals surface area contributed by atoms with Crippen LogP contribution in [0, 0.1) is 27.4 Å². The van der Waals surface area contributed by atoms with Crippen molar-refractivity contribution in [1.29, 1.82) is 5.26 Å². The van der Waals surface area contributed by atoms with Crippen LogP contribution in [0.2, 0.25) is 0 Å². The first-order valence-corrected chi connectivity index (χ1v) is 7.30. The first-order chi connectivity index (χ1) is 10.2. The smallest absolute Gasteiger partial charge is 0.293 e. The van der Waals surface area contributed by atoms with Crippen LogP contribution in [0.15, 0.2) is 18.2 Å². The van der Waals surface area contributed by atoms with Crippen molar-refractivity contribution in [2.45, 2.75) is 19.8 Å². The Morgan fingerprint density at radius 1 is 1.48 bits per heavy atom. The van der Waals surface area contributed by atoms with E-state index in [2.05, 4.69) is 17.1 Å². The molecule has 0 spiro atoms. The summed E-state index contributed by atoms with van der Waals surface area (Å²) in [6.45, 7) is 5.72. The van der Waals surface area contributed by atoms with Crippen LogP contribution in [-0.2, 0) is 0 Å². The predicted octanol–water partition coefficient (Wildman–Crippen LogP) is 2.29. The minimum atomic E-state index is -0.402. The van der Waals surface area contributed by atoms with Crippen molar-refractivity contribution < 1.29 is 4.92 Å². The Morgan fingerprint density at radius 3 is 2.76 bits per heavy atom. The lowest BCUT2D eigenvalue weighted by molar-refractivity contribution is -0.384. The summed E-state index contributed by atoms with van der Waals surface area (Å²) in [7, 11) is 0. The summed E-state index contributed by atoms with van der Waals surface area (Å²) in [5.41, 5.74) is 0.979. The van der Waals surface area contributed by atoms with Crippen molar-refractivity contribution in [2.75, 3.05) is 31.1 Å². The Bertz CT molecular complexity index is 545. The highest BCUT2D eigenvalue weighted by Gasteiger charge is 2.24. The second-order valence-electron chi connectivity index (χ2n) is 5.31. The van der Waals surface area contributed by atoms with Crippen LogP contribution in [0.4, 0.5) is 11.4 Å². The number of rotatable bonds is 5. The molecule has 1 aliphatic heterocycles. The molecule has 2 rings (SSSR count). The number of nitriles is 1. The zero-order chi connectivity index (χ0) is 15.2. The second-order valence-corrected chi connectivity index (χ2v) is 5.31. The van der Waals surface area contributed by atoms with E-state index < -0.39 is 4.92 Å². The monoisotopic (exact) mass is 288 g/mol. The quantitative estimate of drug-likeness (QED) is 0.664. The van der Waals surface area contributed by atoms with Crippen LogP contribution in [0.3, 0.4) is 0 Å². The molecule has 0 amide bonds. The maximum Gasteiger partial charge on any atom is 0.293 e. The van der Waals surface area contributed by atoms with Crippen molar-refractivity contribution in [3.05, 3.63) is 33.9 Å². The van der Waals surface area contributed by atoms with Gasteiger partial charge in [-0.1, -0.05) is 6.92 Å². The number of nitrogens with one attached hydrogen (secondary N) is 1. The molecule has 0 bridgehead atoms. The van der Waals surface area contributed by atoms with Gasteiger partial charge < -0.3 is 10.2 Å². The molecule has 1 N–H and O–H groups in total. The number of piperidine rings is 1. The maximum atomic E-state index is 11.2. The molecule has 6 nitrogen and oxygen atoms in total. The fraction of sp³-hybridized carbons (Fsp3) is 0.533. The third-order valence-corrected chi connectivity index (χ3v) is 3.94. The molecule has 112 valence electrons. The van der Waals surface area contributed by atoms with Gasteiger partial charge in [0.15, 0.2) is 0 Å². The molecule has 0 radical (unpaired) electrons. The van der Waals surface area contributed by atoms with E-state index in [0.717, 1.165) is 39.0 Å². The summed E-state index contributed by atoms with van der Waals surface area (Å²) in [5.74, 6) is 0.638. The lowest BCUT2D eigenvalue weighted by atomic mass is 9.96. The van der Waals surface area contributed by atoms with Crippen LogP contribution in [0.1, 0.15) is 25.3 Å². The average molecular weight is 288 g/mol. The summed E-state index contributed by atoms with van der Waals surface area (Å²) < 4.78 is 0. The van der Waals surface area contributed by atoms with Gasteiger partial charge in [-0.05, 0) is 44.0 Å². The predicted molar refractivity (Wildman–Crippen MR) is 81.3 cm³/mol. The van der Waals surface area contributed by atoms with Crippen molar-refractivity contribution in [3.63, 3.8) is 0 Å². The van der Waals surface area contributed by atoms with E-state index in [1.165, 1.54) is 6.07 Å². The number of anilines is 1. The molecule has 1 heterocycles. The second kappa shape index (κ2) is 7.04. The van der Waals surface area contributed by atoms with E-state index in [0.29, 0.717) is 17.2 Å². The fourth-order valence-electron chi connectivity index (χ4n) is 2.73. The molecule has 1 aliphatic rings. The maximum absolute atomic E-state index is 11.2. The van der Waals surface area contributed by atoms with Gasteiger partial charge in [0, 0.05) is 19.2 Å². The van der Waals surface area contributed by atoms with E-state index in [-0.39, 0.29) is 5.69 Å². The Labute approximate surface area is 124 Å². The third-order valence-electron chi connectivity index (χ3n) is 3.94. The molecule has 0 aromatic heterocycles. The Morgan fingerprint density at radius 2 is 2.19 bits per heavy atom. The first kappa shape index (κ1) is 15.3. The standard InChI is InChI=1S/C15H20N4O2/c1-2-17-11-12-5-7-18(8-6-12)14-4-3-13(10-16)9-15(14)19(20)21/h3-4,9,12,17H,2,5-8,11H2,1H3. The minimum Gasteiger partial charge on any atom is -0.366 e. The summed E-state index contributed by atoms with van der Waals surface area (Å²) in [5, 5.41) is 23.4. The lowest BCUT2D eigenvalue weighted by Crippen LogP contribution is -2.37. The summed E-state index contributed by atoms with van der Waals surface area (Å²) >= 11 is 0. The highest BCUT2D eigenvalue weighted by atomic mass is 16.6. The molecule has 0 atom stereocenters. The summed E-state index contributed by atoms with van der Waals surface area (Å²) in [6.07, 6.45) is 2.06. The number of nitro groups is 1. The summed E-state index contributed by atoms with van der Waals surface area (Å²) in [6, 6.07) is 6.65. The fourth-order valence-corrected chi connectivity index (χ4v) is 2.73. The molecule has 6 heteroatoms. The van der Waals surface area contributed by atoms with Gasteiger partial charge in [0.25, 0.3) is 5.69 Å². The Balaban J connectivity index is 2.10. The molecule has 1 fully saturated rings. The SMILES string of the molecule is CCNCC1CCN(c2ccc(C#N)cc2[N+](=O)[O-])CC1. The van der Waals surface area contributed by atoms with Gasteiger partial charge in [-0.15, -0.1) is 0 Å². The molecule has 1 aromatic rings. The third kappa shape index (κ3) is 3.70. The Kier molecular flexibility index (Phi) is 5.12. The number of hydrogen-bond donors (Lipinski definition) is 1. The van der Waals surface area contributed by atoms with Gasteiger partial charge in [-0.25, -0.2) is 0 Å². The van der Waals surface area contributed by atoms with Gasteiger partial charge >= 0.3 is 0 Å². The zero-order valence-corrected chi connectivity index (χ0v) is 12.2. The number of benzene rings is 1. The van der Waals surface area contributed by atoms with Crippen LogP contribution < -0.4 is 10.2 Å². The van der Waals surface area contributed by atoms with E-state index in [1.54, 1.807) is 12.1 Å². The van der Waals surface area contributed by atoms with E-state index in [9.17, 15) is 10.1 Å². The van der Waals surface area contributed by atoms with Crippen LogP contribution in [-0.4, -0.2) is 31.1 Å². The first-order valence-electron chi connectivity index (χ1n) is 7.30. The van der Waals surface area contributed by atoms with Gasteiger partial charge in [-0.2, -0.15) is 5.26 Å². The molecule has 1 aromatic carbocycles. The highest BCUT2D eigenvalue weighted by molar-refractivity contribution is 5.65. The lowest BCUT2D eigenvalue weighted by Gasteiger charge is -2.33. The van der Waals surface area contributed by atoms with Crippen molar-refractivity contribution >= 4 is 11.4 Å². The molecular weight excluding hydrogens is 268 g/mol. The topological polar surface area (TPSA) is 82.2 Å². The Hall–Kier alpha value is -2.13. The van der Waals surface area contributed by atoms with Gasteiger partial charge in [0.2, 0.25) is 0 Å². The minimum absolute atomic E-state index is 0.0270. The van der Waals surface area contributed by atoms with Gasteiger partial charge in [-0.3, -0.25) is 10.1 Å². The van der Waals surface area contributed by atoms with Crippen LogP contribution in [0.25, 0.3) is 0 Å². The van der Waals surface area contributed by atoms with Crippen LogP contribution in [0.5, 0.6) is 0 Å². The van der Waals surface area contributed by atoms with E-state index in [4.69, 9.17) is 5.26 Å². The molecule has 0 aliphatic carbocycles. The summed E-state index contributed by atoms with van der Waals surface area (Å²) in [4.78, 5) is 12.9. The molecular formula is C15H20N4O2. The number of nitro benzene ring substituents is 1. The molecule has 0 unspecified atom stereocenters. The molecule has 21 heavy (non-hydrogen) atoms. The molecule has 0 saturated carbocycles. The van der Waals surface area contributed by atoms with Gasteiger partial charge in [0.1, 0.15) is 5.69 Å². The normalized spacial score (nSPS) is 15.7.